The largest absolute Gasteiger partial charge is 0.493 e. The van der Waals surface area contributed by atoms with E-state index in [9.17, 15) is 14.3 Å². The first-order valence-corrected chi connectivity index (χ1v) is 9.92. The van der Waals surface area contributed by atoms with Gasteiger partial charge in [-0.1, -0.05) is 6.07 Å². The number of nitrogens with zero attached hydrogens (tertiary/aromatic N) is 2. The van der Waals surface area contributed by atoms with Crippen LogP contribution in [0.1, 0.15) is 30.9 Å². The number of benzene rings is 1. The summed E-state index contributed by atoms with van der Waals surface area (Å²) < 4.78 is 18.4. The molecule has 1 aliphatic carbocycles. The van der Waals surface area contributed by atoms with Crippen molar-refractivity contribution in [3.8, 4) is 0 Å². The number of rotatable bonds is 3. The predicted molar refractivity (Wildman–Crippen MR) is 111 cm³/mol. The number of anilines is 1. The zero-order valence-corrected chi connectivity index (χ0v) is 16.4. The highest BCUT2D eigenvalue weighted by atomic mass is 19.1. The van der Waals surface area contributed by atoms with Crippen molar-refractivity contribution in [3.05, 3.63) is 71.3 Å². The molecule has 2 aliphatic heterocycles. The van der Waals surface area contributed by atoms with Crippen LogP contribution in [0.25, 0.3) is 0 Å². The molecule has 4 rings (SSSR count). The van der Waals surface area contributed by atoms with Crippen molar-refractivity contribution in [2.24, 2.45) is 10.9 Å². The van der Waals surface area contributed by atoms with Crippen LogP contribution in [0, 0.1) is 12.1 Å². The zero-order valence-electron chi connectivity index (χ0n) is 16.4. The molecule has 2 heterocycles. The van der Waals surface area contributed by atoms with Crippen LogP contribution in [-0.4, -0.2) is 36.5 Å². The van der Waals surface area contributed by atoms with Crippen LogP contribution in [-0.2, 0) is 16.0 Å². The molecule has 0 saturated carbocycles. The van der Waals surface area contributed by atoms with E-state index < -0.39 is 0 Å². The van der Waals surface area contributed by atoms with E-state index in [1.807, 2.05) is 30.0 Å². The second-order valence-corrected chi connectivity index (χ2v) is 7.50. The third-order valence-electron chi connectivity index (χ3n) is 5.61. The number of ether oxygens (including phenoxy) is 1. The van der Waals surface area contributed by atoms with E-state index in [-0.39, 0.29) is 23.9 Å². The number of fused-ring (bicyclic) bond motifs is 1. The van der Waals surface area contributed by atoms with Gasteiger partial charge in [0.05, 0.1) is 0 Å². The molecule has 1 aromatic carbocycles. The minimum Gasteiger partial charge on any atom is -0.493 e. The van der Waals surface area contributed by atoms with Gasteiger partial charge in [0.25, 0.3) is 0 Å². The van der Waals surface area contributed by atoms with Gasteiger partial charge in [-0.2, -0.15) is 0 Å². The number of hydrogen-bond donors (Lipinski definition) is 1. The first-order chi connectivity index (χ1) is 14.0. The lowest BCUT2D eigenvalue weighted by Crippen LogP contribution is -2.37. The van der Waals surface area contributed by atoms with E-state index in [1.165, 1.54) is 24.3 Å². The Hall–Kier alpha value is -2.73. The van der Waals surface area contributed by atoms with E-state index >= 15 is 0 Å². The average molecular weight is 395 g/mol. The molecule has 1 saturated heterocycles. The molecule has 6 heteroatoms. The molecule has 0 atom stereocenters. The van der Waals surface area contributed by atoms with Gasteiger partial charge in [0.15, 0.2) is 6.17 Å². The Morgan fingerprint density at radius 2 is 1.93 bits per heavy atom. The third kappa shape index (κ3) is 4.17. The van der Waals surface area contributed by atoms with Gasteiger partial charge < -0.3 is 14.7 Å². The molecule has 3 aliphatic rings. The maximum absolute atomic E-state index is 13.1. The molecule has 5 nitrogen and oxygen atoms in total. The number of aliphatic hydroxyl groups is 1. The van der Waals surface area contributed by atoms with Gasteiger partial charge in [-0.15, -0.1) is 0 Å². The highest BCUT2D eigenvalue weighted by Gasteiger charge is 2.31. The highest BCUT2D eigenvalue weighted by Crippen LogP contribution is 2.32. The SMILES string of the molecule is CC(=NC(O)=C1C=C[C](F)C=C1)c1ccc2c(c1)CCN2C(=O)C1CCOCC1. The summed E-state index contributed by atoms with van der Waals surface area (Å²) in [4.78, 5) is 19.1. The summed E-state index contributed by atoms with van der Waals surface area (Å²) in [6.45, 7) is 3.82. The third-order valence-corrected chi connectivity index (χ3v) is 5.61. The Balaban J connectivity index is 1.53. The molecule has 1 aromatic rings. The van der Waals surface area contributed by atoms with Gasteiger partial charge in [-0.3, -0.25) is 4.79 Å². The Morgan fingerprint density at radius 1 is 1.21 bits per heavy atom. The van der Waals surface area contributed by atoms with Gasteiger partial charge in [-0.05, 0) is 73.7 Å². The molecular weight excluding hydrogens is 371 g/mol. The molecule has 1 fully saturated rings. The summed E-state index contributed by atoms with van der Waals surface area (Å²) in [6, 6.07) is 5.91. The molecule has 29 heavy (non-hydrogen) atoms. The summed E-state index contributed by atoms with van der Waals surface area (Å²) in [5, 5.41) is 10.2. The Labute approximate surface area is 169 Å². The summed E-state index contributed by atoms with van der Waals surface area (Å²) in [6.07, 6.45) is 7.57. The first-order valence-electron chi connectivity index (χ1n) is 9.92. The second kappa shape index (κ2) is 8.33. The van der Waals surface area contributed by atoms with Crippen LogP contribution < -0.4 is 4.90 Å². The quantitative estimate of drug-likeness (QED) is 0.616. The minimum atomic E-state index is -0.360. The van der Waals surface area contributed by atoms with Crippen LogP contribution in [0.4, 0.5) is 10.1 Å². The molecule has 1 amide bonds. The van der Waals surface area contributed by atoms with E-state index in [0.717, 1.165) is 36.1 Å². The number of allylic oxidation sites excluding steroid dienone is 5. The van der Waals surface area contributed by atoms with Gasteiger partial charge in [0.1, 0.15) is 0 Å². The fraction of sp³-hybridized carbons (Fsp3) is 0.348. The highest BCUT2D eigenvalue weighted by molar-refractivity contribution is 6.01. The van der Waals surface area contributed by atoms with Gasteiger partial charge >= 0.3 is 0 Å². The lowest BCUT2D eigenvalue weighted by atomic mass is 9.98. The van der Waals surface area contributed by atoms with Crippen LogP contribution in [0.3, 0.4) is 0 Å². The molecule has 0 aromatic heterocycles. The van der Waals surface area contributed by atoms with Crippen molar-refractivity contribution >= 4 is 17.3 Å². The maximum atomic E-state index is 13.1. The predicted octanol–water partition coefficient (Wildman–Crippen LogP) is 4.21. The van der Waals surface area contributed by atoms with Crippen LogP contribution in [0.2, 0.25) is 0 Å². The Morgan fingerprint density at radius 3 is 2.66 bits per heavy atom. The van der Waals surface area contributed by atoms with E-state index in [0.29, 0.717) is 31.0 Å². The van der Waals surface area contributed by atoms with Crippen LogP contribution in [0.15, 0.2) is 59.0 Å². The average Bonchev–Trinajstić information content (AvgIpc) is 3.17. The second-order valence-electron chi connectivity index (χ2n) is 7.50. The molecular formula is C23H24FN2O3. The number of carbonyl (C=O) groups excluding carboxylic acids is 1. The first kappa shape index (κ1) is 19.6. The smallest absolute Gasteiger partial charge is 0.230 e. The Bertz CT molecular complexity index is 910. The van der Waals surface area contributed by atoms with Crippen molar-refractivity contribution in [1.82, 2.24) is 0 Å². The number of amides is 1. The van der Waals surface area contributed by atoms with Gasteiger partial charge in [0, 0.05) is 42.6 Å². The van der Waals surface area contributed by atoms with Crippen LogP contribution in [0.5, 0.6) is 0 Å². The van der Waals surface area contributed by atoms with E-state index in [2.05, 4.69) is 4.99 Å². The fourth-order valence-corrected chi connectivity index (χ4v) is 3.91. The normalized spacial score (nSPS) is 20.3. The van der Waals surface area contributed by atoms with Gasteiger partial charge in [0.2, 0.25) is 11.8 Å². The monoisotopic (exact) mass is 395 g/mol. The van der Waals surface area contributed by atoms with Gasteiger partial charge in [-0.25, -0.2) is 9.38 Å². The molecule has 0 bridgehead atoms. The van der Waals surface area contributed by atoms with E-state index in [1.54, 1.807) is 0 Å². The van der Waals surface area contributed by atoms with Crippen molar-refractivity contribution in [2.75, 3.05) is 24.7 Å². The number of aliphatic imine (C=N–C) groups is 1. The lowest BCUT2D eigenvalue weighted by molar-refractivity contribution is -0.125. The lowest BCUT2D eigenvalue weighted by Gasteiger charge is -2.26. The minimum absolute atomic E-state index is 0.0416. The molecule has 1 radical (unpaired) electrons. The summed E-state index contributed by atoms with van der Waals surface area (Å²) in [5.74, 6) is 0.0757. The number of hydrogen-bond acceptors (Lipinski definition) is 4. The molecule has 1 N–H and O–H groups in total. The molecule has 0 unspecified atom stereocenters. The van der Waals surface area contributed by atoms with Crippen molar-refractivity contribution < 1.29 is 19.0 Å². The zero-order chi connectivity index (χ0) is 20.4. The molecule has 0 spiro atoms. The topological polar surface area (TPSA) is 62.1 Å². The van der Waals surface area contributed by atoms with Crippen molar-refractivity contribution in [3.63, 3.8) is 0 Å². The molecule has 151 valence electrons. The fourth-order valence-electron chi connectivity index (χ4n) is 3.91. The Kier molecular flexibility index (Phi) is 5.62. The summed E-state index contributed by atoms with van der Waals surface area (Å²) in [7, 11) is 0. The maximum Gasteiger partial charge on any atom is 0.230 e. The number of halogens is 1. The van der Waals surface area contributed by atoms with Crippen molar-refractivity contribution in [1.29, 1.82) is 0 Å². The summed E-state index contributed by atoms with van der Waals surface area (Å²) >= 11 is 0. The van der Waals surface area contributed by atoms with E-state index in [4.69, 9.17) is 4.74 Å². The van der Waals surface area contributed by atoms with Crippen molar-refractivity contribution in [2.45, 2.75) is 26.2 Å². The number of aliphatic hydroxyl groups excluding tert-OH is 1. The number of carbonyl (C=O) groups is 1. The standard InChI is InChI=1S/C23H24FN2O3/c1-15(25-22(27)16-2-5-20(24)6-3-16)18-4-7-21-19(14-18)8-11-26(21)23(28)17-9-12-29-13-10-17/h2-7,14,17,27H,8-13H2,1H3. The van der Waals surface area contributed by atoms with Crippen LogP contribution >= 0.6 is 0 Å². The summed E-state index contributed by atoms with van der Waals surface area (Å²) in [5.41, 5.74) is 4.07.